The van der Waals surface area contributed by atoms with Gasteiger partial charge in [-0.1, -0.05) is 6.92 Å². The molecule has 3 aliphatic heterocycles. The number of aldehydes is 1. The summed E-state index contributed by atoms with van der Waals surface area (Å²) in [4.78, 5) is 14.2. The van der Waals surface area contributed by atoms with E-state index in [1.54, 1.807) is 0 Å². The number of nitrogens with zero attached hydrogens (tertiary/aromatic N) is 1. The minimum atomic E-state index is -0.0496. The molecule has 3 saturated heterocycles. The molecule has 3 rings (SSSR count). The fourth-order valence-electron chi connectivity index (χ4n) is 4.64. The van der Waals surface area contributed by atoms with Crippen LogP contribution in [-0.2, 0) is 4.79 Å². The van der Waals surface area contributed by atoms with Gasteiger partial charge in [-0.25, -0.2) is 0 Å². The van der Waals surface area contributed by atoms with E-state index in [-0.39, 0.29) is 5.54 Å². The van der Waals surface area contributed by atoms with Crippen LogP contribution in [0.2, 0.25) is 0 Å². The minimum Gasteiger partial charge on any atom is -0.301 e. The van der Waals surface area contributed by atoms with E-state index in [0.29, 0.717) is 12.1 Å². The number of carbonyl (C=O) groups is 1. The Kier molecular flexibility index (Phi) is 2.58. The van der Waals surface area contributed by atoms with Crippen LogP contribution < -0.4 is 0 Å². The molecule has 3 fully saturated rings. The second kappa shape index (κ2) is 3.83. The van der Waals surface area contributed by atoms with Gasteiger partial charge in [0.25, 0.3) is 0 Å². The molecular formula is C14H23NO. The van der Waals surface area contributed by atoms with Gasteiger partial charge in [-0.05, 0) is 57.3 Å². The predicted molar refractivity (Wildman–Crippen MR) is 64.3 cm³/mol. The molecular weight excluding hydrogens is 198 g/mol. The van der Waals surface area contributed by atoms with Gasteiger partial charge in [0.2, 0.25) is 0 Å². The molecule has 2 atom stereocenters. The Morgan fingerprint density at radius 2 is 1.69 bits per heavy atom. The molecule has 0 saturated carbocycles. The van der Waals surface area contributed by atoms with Crippen LogP contribution in [0.25, 0.3) is 0 Å². The SMILES string of the molecule is CC1C[C@@H]2CCCC3(C=O)CCC[C@@H](C1)N23. The van der Waals surface area contributed by atoms with Gasteiger partial charge in [0.05, 0.1) is 5.54 Å². The Labute approximate surface area is 98.4 Å². The Hall–Kier alpha value is -0.370. The van der Waals surface area contributed by atoms with Gasteiger partial charge in [-0.2, -0.15) is 0 Å². The van der Waals surface area contributed by atoms with Crippen molar-refractivity contribution in [3.63, 3.8) is 0 Å². The third kappa shape index (κ3) is 1.46. The van der Waals surface area contributed by atoms with Crippen LogP contribution >= 0.6 is 0 Å². The summed E-state index contributed by atoms with van der Waals surface area (Å²) in [6.45, 7) is 2.39. The van der Waals surface area contributed by atoms with Crippen molar-refractivity contribution in [2.24, 2.45) is 5.92 Å². The fraction of sp³-hybridized carbons (Fsp3) is 0.929. The van der Waals surface area contributed by atoms with Crippen LogP contribution in [0, 0.1) is 5.92 Å². The summed E-state index contributed by atoms with van der Waals surface area (Å²) in [6, 6.07) is 1.43. The molecule has 2 nitrogen and oxygen atoms in total. The average molecular weight is 221 g/mol. The summed E-state index contributed by atoms with van der Waals surface area (Å²) < 4.78 is 0. The Bertz CT molecular complexity index is 268. The van der Waals surface area contributed by atoms with E-state index in [1.807, 2.05) is 0 Å². The van der Waals surface area contributed by atoms with E-state index in [9.17, 15) is 4.79 Å². The standard InChI is InChI=1S/C14H23NO/c1-11-8-12-4-2-6-14(10-16)7-3-5-13(9-11)15(12)14/h10-13H,2-9H2,1H3/t11?,12-,13-,14?/m0/s1. The maximum absolute atomic E-state index is 11.6. The molecule has 90 valence electrons. The second-order valence-electron chi connectivity index (χ2n) is 6.30. The van der Waals surface area contributed by atoms with Crippen molar-refractivity contribution in [1.29, 1.82) is 0 Å². The van der Waals surface area contributed by atoms with Gasteiger partial charge in [-0.15, -0.1) is 0 Å². The summed E-state index contributed by atoms with van der Waals surface area (Å²) in [6.07, 6.45) is 11.4. The first-order chi connectivity index (χ1) is 7.75. The van der Waals surface area contributed by atoms with E-state index >= 15 is 0 Å². The lowest BCUT2D eigenvalue weighted by Gasteiger charge is -2.58. The fourth-order valence-corrected chi connectivity index (χ4v) is 4.64. The molecule has 0 aliphatic carbocycles. The molecule has 0 aromatic heterocycles. The normalized spacial score (nSPS) is 48.4. The molecule has 3 aliphatic rings. The number of rotatable bonds is 1. The molecule has 0 bridgehead atoms. The molecule has 0 unspecified atom stereocenters. The van der Waals surface area contributed by atoms with E-state index in [4.69, 9.17) is 0 Å². The highest BCUT2D eigenvalue weighted by Crippen LogP contribution is 2.46. The Balaban J connectivity index is 1.93. The summed E-state index contributed by atoms with van der Waals surface area (Å²) in [5.41, 5.74) is -0.0496. The van der Waals surface area contributed by atoms with Crippen molar-refractivity contribution >= 4 is 6.29 Å². The van der Waals surface area contributed by atoms with Crippen LogP contribution in [0.1, 0.15) is 58.3 Å². The molecule has 0 radical (unpaired) electrons. The number of hydrogen-bond acceptors (Lipinski definition) is 2. The van der Waals surface area contributed by atoms with Crippen molar-refractivity contribution in [3.05, 3.63) is 0 Å². The van der Waals surface area contributed by atoms with Crippen LogP contribution in [-0.4, -0.2) is 28.8 Å². The van der Waals surface area contributed by atoms with Gasteiger partial charge in [0, 0.05) is 12.1 Å². The van der Waals surface area contributed by atoms with Crippen LogP contribution in [0.4, 0.5) is 0 Å². The van der Waals surface area contributed by atoms with Gasteiger partial charge >= 0.3 is 0 Å². The Morgan fingerprint density at radius 1 is 1.12 bits per heavy atom. The molecule has 0 aromatic carbocycles. The van der Waals surface area contributed by atoms with Gasteiger partial charge in [-0.3, -0.25) is 4.90 Å². The zero-order valence-electron chi connectivity index (χ0n) is 10.3. The maximum Gasteiger partial charge on any atom is 0.140 e. The van der Waals surface area contributed by atoms with Crippen molar-refractivity contribution in [3.8, 4) is 0 Å². The van der Waals surface area contributed by atoms with Crippen LogP contribution in [0.3, 0.4) is 0 Å². The predicted octanol–water partition coefficient (Wildman–Crippen LogP) is 2.76. The van der Waals surface area contributed by atoms with Crippen molar-refractivity contribution in [1.82, 2.24) is 4.90 Å². The van der Waals surface area contributed by atoms with Crippen LogP contribution in [0.5, 0.6) is 0 Å². The second-order valence-corrected chi connectivity index (χ2v) is 6.30. The lowest BCUT2D eigenvalue weighted by Crippen LogP contribution is -2.65. The Morgan fingerprint density at radius 3 is 2.19 bits per heavy atom. The summed E-state index contributed by atoms with van der Waals surface area (Å²) >= 11 is 0. The molecule has 16 heavy (non-hydrogen) atoms. The zero-order valence-corrected chi connectivity index (χ0v) is 10.3. The third-order valence-electron chi connectivity index (χ3n) is 5.16. The van der Waals surface area contributed by atoms with Crippen molar-refractivity contribution in [2.45, 2.75) is 75.9 Å². The van der Waals surface area contributed by atoms with E-state index in [2.05, 4.69) is 11.8 Å². The monoisotopic (exact) mass is 221 g/mol. The maximum atomic E-state index is 11.6. The average Bonchev–Trinajstić information content (AvgIpc) is 2.29. The topological polar surface area (TPSA) is 20.3 Å². The highest BCUT2D eigenvalue weighted by Gasteiger charge is 2.50. The largest absolute Gasteiger partial charge is 0.301 e. The molecule has 2 heteroatoms. The first kappa shape index (κ1) is 10.8. The summed E-state index contributed by atoms with van der Waals surface area (Å²) in [5, 5.41) is 0. The minimum absolute atomic E-state index is 0.0496. The highest BCUT2D eigenvalue weighted by molar-refractivity contribution is 5.65. The summed E-state index contributed by atoms with van der Waals surface area (Å²) in [5.74, 6) is 0.867. The van der Waals surface area contributed by atoms with Gasteiger partial charge in [0.15, 0.2) is 0 Å². The molecule has 0 spiro atoms. The number of piperidine rings is 3. The molecule has 0 aromatic rings. The third-order valence-corrected chi connectivity index (χ3v) is 5.16. The lowest BCUT2D eigenvalue weighted by molar-refractivity contribution is -0.139. The summed E-state index contributed by atoms with van der Waals surface area (Å²) in [7, 11) is 0. The van der Waals surface area contributed by atoms with Crippen LogP contribution in [0.15, 0.2) is 0 Å². The molecule has 0 N–H and O–H groups in total. The van der Waals surface area contributed by atoms with Gasteiger partial charge in [0.1, 0.15) is 6.29 Å². The van der Waals surface area contributed by atoms with Crippen molar-refractivity contribution in [2.75, 3.05) is 0 Å². The first-order valence-corrected chi connectivity index (χ1v) is 7.00. The van der Waals surface area contributed by atoms with E-state index in [0.717, 1.165) is 18.8 Å². The van der Waals surface area contributed by atoms with E-state index < -0.39 is 0 Å². The van der Waals surface area contributed by atoms with Crippen molar-refractivity contribution < 1.29 is 4.79 Å². The lowest BCUT2D eigenvalue weighted by atomic mass is 9.70. The number of carbonyl (C=O) groups excluding carboxylic acids is 1. The highest BCUT2D eigenvalue weighted by atomic mass is 16.1. The molecule has 3 heterocycles. The number of hydrogen-bond donors (Lipinski definition) is 0. The van der Waals surface area contributed by atoms with E-state index in [1.165, 1.54) is 44.8 Å². The first-order valence-electron chi connectivity index (χ1n) is 7.00. The quantitative estimate of drug-likeness (QED) is 0.635. The zero-order chi connectivity index (χ0) is 11.2. The molecule has 0 amide bonds. The smallest absolute Gasteiger partial charge is 0.140 e. The van der Waals surface area contributed by atoms with Gasteiger partial charge < -0.3 is 4.79 Å².